The fraction of sp³-hybridized carbons (Fsp3) is 0.217. The Morgan fingerprint density at radius 2 is 1.41 bits per heavy atom. The second-order valence-corrected chi connectivity index (χ2v) is 7.42. The molecule has 2 aromatic carbocycles. The van der Waals surface area contributed by atoms with Crippen molar-refractivity contribution in [1.29, 1.82) is 0 Å². The lowest BCUT2D eigenvalue weighted by Gasteiger charge is -2.36. The van der Waals surface area contributed by atoms with Crippen molar-refractivity contribution < 1.29 is 33.2 Å². The number of primary amides is 1. The molecule has 9 nitrogen and oxygen atoms in total. The van der Waals surface area contributed by atoms with Gasteiger partial charge in [-0.05, 0) is 55.5 Å². The molecule has 0 aliphatic carbocycles. The summed E-state index contributed by atoms with van der Waals surface area (Å²) in [5.41, 5.74) is 5.42. The minimum atomic E-state index is -3.26. The monoisotopic (exact) mass is 472 g/mol. The van der Waals surface area contributed by atoms with Gasteiger partial charge in [-0.1, -0.05) is 11.8 Å². The standard InChI is InChI=1S/C23H22F2N4O5/c1-13(30)28-23(2,22(24)25)18(21(33)29-34)27-20(32)17-11-7-15(8-12-17)4-3-14-5-9-16(10-6-14)19(26)31/h5-12,18,22,34H,1-2H3,(H2,26,31)(H,27,32)(H,28,30)(H,29,33)/t18-,23?/m1/s1. The van der Waals surface area contributed by atoms with Gasteiger partial charge >= 0.3 is 0 Å². The molecule has 0 aromatic heterocycles. The average Bonchev–Trinajstić information content (AvgIpc) is 2.80. The van der Waals surface area contributed by atoms with Gasteiger partial charge in [-0.3, -0.25) is 24.4 Å². The van der Waals surface area contributed by atoms with Crippen LogP contribution in [-0.2, 0) is 9.59 Å². The van der Waals surface area contributed by atoms with E-state index in [4.69, 9.17) is 10.9 Å². The number of alkyl halides is 2. The lowest BCUT2D eigenvalue weighted by Crippen LogP contribution is -2.68. The van der Waals surface area contributed by atoms with Crippen molar-refractivity contribution in [3.05, 3.63) is 70.8 Å². The molecule has 0 aliphatic heterocycles. The van der Waals surface area contributed by atoms with Crippen LogP contribution in [0.25, 0.3) is 0 Å². The highest BCUT2D eigenvalue weighted by molar-refractivity contribution is 5.98. The SMILES string of the molecule is CC(=O)NC(C)(C(F)F)[C@H](NC(=O)c1ccc(C#Cc2ccc(C(N)=O)cc2)cc1)C(=O)NO. The van der Waals surface area contributed by atoms with Gasteiger partial charge in [-0.2, -0.15) is 0 Å². The van der Waals surface area contributed by atoms with Crippen LogP contribution < -0.4 is 21.8 Å². The predicted molar refractivity (Wildman–Crippen MR) is 117 cm³/mol. The summed E-state index contributed by atoms with van der Waals surface area (Å²) in [6.45, 7) is 1.84. The van der Waals surface area contributed by atoms with Crippen molar-refractivity contribution in [2.24, 2.45) is 5.73 Å². The number of rotatable bonds is 7. The first-order chi connectivity index (χ1) is 16.0. The molecule has 0 fully saturated rings. The molecule has 11 heteroatoms. The highest BCUT2D eigenvalue weighted by Crippen LogP contribution is 2.21. The Hall–Kier alpha value is -4.30. The average molecular weight is 472 g/mol. The van der Waals surface area contributed by atoms with Gasteiger partial charge in [0.05, 0.1) is 0 Å². The Labute approximate surface area is 193 Å². The fourth-order valence-electron chi connectivity index (χ4n) is 2.97. The maximum Gasteiger partial charge on any atom is 0.268 e. The van der Waals surface area contributed by atoms with Gasteiger partial charge < -0.3 is 16.4 Å². The lowest BCUT2D eigenvalue weighted by molar-refractivity contribution is -0.137. The van der Waals surface area contributed by atoms with E-state index in [1.807, 2.05) is 5.32 Å². The van der Waals surface area contributed by atoms with E-state index in [1.165, 1.54) is 41.9 Å². The van der Waals surface area contributed by atoms with E-state index in [1.54, 1.807) is 12.1 Å². The van der Waals surface area contributed by atoms with Gasteiger partial charge in [-0.25, -0.2) is 14.3 Å². The maximum absolute atomic E-state index is 13.7. The summed E-state index contributed by atoms with van der Waals surface area (Å²) in [6, 6.07) is 10.0. The summed E-state index contributed by atoms with van der Waals surface area (Å²) in [5, 5.41) is 13.0. The molecule has 2 aromatic rings. The van der Waals surface area contributed by atoms with Gasteiger partial charge in [0.25, 0.3) is 18.2 Å². The van der Waals surface area contributed by atoms with Crippen molar-refractivity contribution in [3.8, 4) is 11.8 Å². The Bertz CT molecular complexity index is 1140. The number of carbonyl (C=O) groups is 4. The molecule has 34 heavy (non-hydrogen) atoms. The molecule has 0 spiro atoms. The van der Waals surface area contributed by atoms with E-state index in [9.17, 15) is 28.0 Å². The molecule has 0 saturated heterocycles. The number of carbonyl (C=O) groups excluding carboxylic acids is 4. The Morgan fingerprint density at radius 1 is 0.941 bits per heavy atom. The van der Waals surface area contributed by atoms with E-state index in [0.717, 1.165) is 13.8 Å². The van der Waals surface area contributed by atoms with E-state index in [0.29, 0.717) is 16.7 Å². The van der Waals surface area contributed by atoms with E-state index in [2.05, 4.69) is 17.2 Å². The zero-order valence-corrected chi connectivity index (χ0v) is 18.2. The van der Waals surface area contributed by atoms with Gasteiger partial charge in [0.2, 0.25) is 11.8 Å². The normalized spacial score (nSPS) is 13.0. The number of nitrogens with one attached hydrogen (secondary N) is 3. The van der Waals surface area contributed by atoms with Crippen LogP contribution in [0.2, 0.25) is 0 Å². The number of hydroxylamine groups is 1. The Balaban J connectivity index is 2.21. The fourth-order valence-corrected chi connectivity index (χ4v) is 2.97. The Morgan fingerprint density at radius 3 is 1.79 bits per heavy atom. The summed E-state index contributed by atoms with van der Waals surface area (Å²) in [6.07, 6.45) is -3.26. The summed E-state index contributed by atoms with van der Waals surface area (Å²) in [7, 11) is 0. The predicted octanol–water partition coefficient (Wildman–Crippen LogP) is 0.949. The second-order valence-electron chi connectivity index (χ2n) is 7.42. The van der Waals surface area contributed by atoms with Crippen molar-refractivity contribution >= 4 is 23.6 Å². The molecule has 0 radical (unpaired) electrons. The molecule has 0 aliphatic rings. The highest BCUT2D eigenvalue weighted by atomic mass is 19.3. The van der Waals surface area contributed by atoms with Crippen molar-refractivity contribution in [1.82, 2.24) is 16.1 Å². The topological polar surface area (TPSA) is 151 Å². The van der Waals surface area contributed by atoms with Crippen LogP contribution in [0.1, 0.15) is 45.7 Å². The third-order valence-electron chi connectivity index (χ3n) is 4.81. The summed E-state index contributed by atoms with van der Waals surface area (Å²) < 4.78 is 27.4. The molecule has 6 N–H and O–H groups in total. The van der Waals surface area contributed by atoms with Crippen LogP contribution >= 0.6 is 0 Å². The van der Waals surface area contributed by atoms with Crippen LogP contribution in [0.4, 0.5) is 8.78 Å². The summed E-state index contributed by atoms with van der Waals surface area (Å²) in [4.78, 5) is 47.1. The summed E-state index contributed by atoms with van der Waals surface area (Å²) in [5.74, 6) is 2.08. The van der Waals surface area contributed by atoms with Crippen LogP contribution in [0.15, 0.2) is 48.5 Å². The molecule has 0 saturated carbocycles. The van der Waals surface area contributed by atoms with Gasteiger partial charge in [0.15, 0.2) is 0 Å². The molecule has 178 valence electrons. The summed E-state index contributed by atoms with van der Waals surface area (Å²) >= 11 is 0. The van der Waals surface area contributed by atoms with Crippen LogP contribution in [0, 0.1) is 11.8 Å². The zero-order chi connectivity index (χ0) is 25.5. The van der Waals surface area contributed by atoms with Crippen LogP contribution in [0.5, 0.6) is 0 Å². The smallest absolute Gasteiger partial charge is 0.268 e. The minimum absolute atomic E-state index is 0.0199. The van der Waals surface area contributed by atoms with Crippen LogP contribution in [-0.4, -0.2) is 46.8 Å². The van der Waals surface area contributed by atoms with Crippen molar-refractivity contribution in [2.45, 2.75) is 31.9 Å². The first-order valence-corrected chi connectivity index (χ1v) is 9.81. The van der Waals surface area contributed by atoms with Gasteiger partial charge in [0.1, 0.15) is 11.6 Å². The van der Waals surface area contributed by atoms with Crippen LogP contribution in [0.3, 0.4) is 0 Å². The zero-order valence-electron chi connectivity index (χ0n) is 18.2. The molecular weight excluding hydrogens is 450 g/mol. The minimum Gasteiger partial charge on any atom is -0.366 e. The number of halogens is 2. The second kappa shape index (κ2) is 11.0. The van der Waals surface area contributed by atoms with E-state index < -0.39 is 41.6 Å². The molecule has 2 rings (SSSR count). The number of hydrogen-bond donors (Lipinski definition) is 5. The third-order valence-corrected chi connectivity index (χ3v) is 4.81. The third kappa shape index (κ3) is 6.36. The quantitative estimate of drug-likeness (QED) is 0.231. The van der Waals surface area contributed by atoms with Gasteiger partial charge in [-0.15, -0.1) is 0 Å². The van der Waals surface area contributed by atoms with Crippen molar-refractivity contribution in [3.63, 3.8) is 0 Å². The van der Waals surface area contributed by atoms with Gasteiger partial charge in [0, 0.05) is 29.2 Å². The molecule has 0 heterocycles. The highest BCUT2D eigenvalue weighted by Gasteiger charge is 2.48. The number of amides is 4. The molecular formula is C23H22F2N4O5. The molecule has 4 amide bonds. The Kier molecular flexibility index (Phi) is 8.41. The molecule has 0 bridgehead atoms. The van der Waals surface area contributed by atoms with E-state index in [-0.39, 0.29) is 5.56 Å². The number of nitrogens with two attached hydrogens (primary N) is 1. The largest absolute Gasteiger partial charge is 0.366 e. The molecule has 1 unspecified atom stereocenters. The van der Waals surface area contributed by atoms with E-state index >= 15 is 0 Å². The number of hydrogen-bond acceptors (Lipinski definition) is 5. The maximum atomic E-state index is 13.7. The first kappa shape index (κ1) is 26.0. The first-order valence-electron chi connectivity index (χ1n) is 9.81. The molecule has 2 atom stereocenters. The lowest BCUT2D eigenvalue weighted by atomic mass is 9.91. The number of benzene rings is 2. The van der Waals surface area contributed by atoms with Crippen molar-refractivity contribution in [2.75, 3.05) is 0 Å².